The number of hydrogen-bond donors (Lipinski definition) is 0. The zero-order valence-electron chi connectivity index (χ0n) is 20.7. The minimum Gasteiger partial charge on any atom is -0.490 e. The molecule has 3 aromatic rings. The molecule has 9 nitrogen and oxygen atoms in total. The van der Waals surface area contributed by atoms with Crippen LogP contribution in [-0.4, -0.2) is 58.8 Å². The average molecular weight is 471 g/mol. The molecule has 0 aliphatic heterocycles. The molecule has 34 heavy (non-hydrogen) atoms. The van der Waals surface area contributed by atoms with Crippen LogP contribution in [0.2, 0.25) is 0 Å². The van der Waals surface area contributed by atoms with Crippen LogP contribution >= 0.6 is 0 Å². The molecule has 1 aromatic carbocycles. The Kier molecular flexibility index (Phi) is 9.21. The quantitative estimate of drug-likeness (QED) is 0.277. The fraction of sp³-hybridized carbons (Fsp3) is 0.520. The van der Waals surface area contributed by atoms with Crippen molar-refractivity contribution in [3.63, 3.8) is 0 Å². The SMILES string of the molecule is CCCc1nn(C)c2c(OCCOc3ccc(CC(OCC)C(=O)OC)cc3)nc(CC)nc12. The van der Waals surface area contributed by atoms with Crippen LogP contribution in [0.25, 0.3) is 11.0 Å². The van der Waals surface area contributed by atoms with Gasteiger partial charge in [-0.3, -0.25) is 4.68 Å². The molecule has 0 aliphatic carbocycles. The van der Waals surface area contributed by atoms with Crippen LogP contribution in [-0.2, 0) is 40.6 Å². The van der Waals surface area contributed by atoms with Gasteiger partial charge in [0, 0.05) is 26.5 Å². The summed E-state index contributed by atoms with van der Waals surface area (Å²) in [7, 11) is 3.25. The lowest BCUT2D eigenvalue weighted by molar-refractivity contribution is -0.153. The lowest BCUT2D eigenvalue weighted by atomic mass is 10.1. The maximum atomic E-state index is 11.8. The van der Waals surface area contributed by atoms with Gasteiger partial charge in [-0.1, -0.05) is 32.4 Å². The van der Waals surface area contributed by atoms with Crippen molar-refractivity contribution in [1.82, 2.24) is 19.7 Å². The predicted octanol–water partition coefficient (Wildman–Crippen LogP) is 3.46. The van der Waals surface area contributed by atoms with Gasteiger partial charge in [0.25, 0.3) is 0 Å². The number of nitrogens with zero attached hydrogens (tertiary/aromatic N) is 4. The van der Waals surface area contributed by atoms with Crippen LogP contribution in [0.4, 0.5) is 0 Å². The summed E-state index contributed by atoms with van der Waals surface area (Å²) < 4.78 is 23.9. The summed E-state index contributed by atoms with van der Waals surface area (Å²) in [5.74, 6) is 1.61. The Morgan fingerprint density at radius 3 is 2.44 bits per heavy atom. The van der Waals surface area contributed by atoms with Crippen LogP contribution in [0.3, 0.4) is 0 Å². The molecule has 184 valence electrons. The minimum atomic E-state index is -0.613. The summed E-state index contributed by atoms with van der Waals surface area (Å²) in [5.41, 5.74) is 3.60. The predicted molar refractivity (Wildman–Crippen MR) is 128 cm³/mol. The zero-order valence-corrected chi connectivity index (χ0v) is 20.7. The van der Waals surface area contributed by atoms with Crippen molar-refractivity contribution in [2.75, 3.05) is 26.9 Å². The lowest BCUT2D eigenvalue weighted by Crippen LogP contribution is -2.28. The van der Waals surface area contributed by atoms with Crippen molar-refractivity contribution in [3.05, 3.63) is 41.3 Å². The number of hydrogen-bond acceptors (Lipinski definition) is 8. The number of benzene rings is 1. The highest BCUT2D eigenvalue weighted by molar-refractivity contribution is 5.82. The summed E-state index contributed by atoms with van der Waals surface area (Å²) in [6, 6.07) is 7.56. The van der Waals surface area contributed by atoms with Gasteiger partial charge in [0.2, 0.25) is 5.88 Å². The Morgan fingerprint density at radius 2 is 1.79 bits per heavy atom. The second-order valence-corrected chi connectivity index (χ2v) is 7.83. The van der Waals surface area contributed by atoms with Gasteiger partial charge in [0.1, 0.15) is 35.8 Å². The van der Waals surface area contributed by atoms with Crippen LogP contribution in [0.5, 0.6) is 11.6 Å². The van der Waals surface area contributed by atoms with Crippen molar-refractivity contribution in [3.8, 4) is 11.6 Å². The van der Waals surface area contributed by atoms with Crippen molar-refractivity contribution >= 4 is 17.0 Å². The summed E-state index contributed by atoms with van der Waals surface area (Å²) in [5, 5.41) is 4.61. The van der Waals surface area contributed by atoms with E-state index in [1.807, 2.05) is 45.2 Å². The van der Waals surface area contributed by atoms with Crippen LogP contribution in [0, 0.1) is 0 Å². The first-order valence-corrected chi connectivity index (χ1v) is 11.8. The first-order valence-electron chi connectivity index (χ1n) is 11.8. The number of ether oxygens (including phenoxy) is 4. The number of methoxy groups -OCH3 is 1. The number of aryl methyl sites for hydroxylation is 3. The van der Waals surface area contributed by atoms with Crippen LogP contribution in [0.15, 0.2) is 24.3 Å². The highest BCUT2D eigenvalue weighted by atomic mass is 16.6. The van der Waals surface area contributed by atoms with E-state index in [0.717, 1.165) is 47.4 Å². The van der Waals surface area contributed by atoms with Gasteiger partial charge in [-0.25, -0.2) is 9.78 Å². The molecule has 1 unspecified atom stereocenters. The molecule has 0 spiro atoms. The smallest absolute Gasteiger partial charge is 0.335 e. The van der Waals surface area contributed by atoms with Gasteiger partial charge < -0.3 is 18.9 Å². The first-order chi connectivity index (χ1) is 16.5. The van der Waals surface area contributed by atoms with Gasteiger partial charge in [-0.15, -0.1) is 0 Å². The van der Waals surface area contributed by atoms with Crippen molar-refractivity contribution in [2.24, 2.45) is 7.05 Å². The Balaban J connectivity index is 1.60. The number of carbonyl (C=O) groups is 1. The third-order valence-electron chi connectivity index (χ3n) is 5.34. The molecule has 0 aliphatic rings. The van der Waals surface area contributed by atoms with Crippen LogP contribution in [0.1, 0.15) is 44.3 Å². The van der Waals surface area contributed by atoms with E-state index < -0.39 is 6.10 Å². The molecule has 0 N–H and O–H groups in total. The summed E-state index contributed by atoms with van der Waals surface area (Å²) >= 11 is 0. The Labute approximate surface area is 200 Å². The van der Waals surface area contributed by atoms with E-state index in [2.05, 4.69) is 22.0 Å². The van der Waals surface area contributed by atoms with E-state index in [0.29, 0.717) is 37.9 Å². The Morgan fingerprint density at radius 1 is 1.06 bits per heavy atom. The molecule has 9 heteroatoms. The number of fused-ring (bicyclic) bond motifs is 1. The first kappa shape index (κ1) is 25.4. The second kappa shape index (κ2) is 12.3. The summed E-state index contributed by atoms with van der Waals surface area (Å²) in [6.07, 6.45) is 2.40. The second-order valence-electron chi connectivity index (χ2n) is 7.83. The van der Waals surface area contributed by atoms with E-state index in [1.54, 1.807) is 4.68 Å². The maximum Gasteiger partial charge on any atom is 0.335 e. The normalized spacial score (nSPS) is 12.0. The standard InChI is InChI=1S/C25H34N4O5/c1-6-9-19-22-23(29(4)28-19)24(27-21(7-2)26-22)34-15-14-33-18-12-10-17(11-13-18)16-20(32-8-3)25(30)31-5/h10-13,20H,6-9,14-16H2,1-5H3. The molecule has 0 bridgehead atoms. The zero-order chi connectivity index (χ0) is 24.5. The molecule has 0 saturated carbocycles. The van der Waals surface area contributed by atoms with E-state index in [9.17, 15) is 4.79 Å². The molecule has 3 rings (SSSR count). The van der Waals surface area contributed by atoms with E-state index >= 15 is 0 Å². The summed E-state index contributed by atoms with van der Waals surface area (Å²) in [4.78, 5) is 21.1. The third-order valence-corrected chi connectivity index (χ3v) is 5.34. The average Bonchev–Trinajstić information content (AvgIpc) is 3.17. The number of aromatic nitrogens is 4. The van der Waals surface area contributed by atoms with E-state index in [4.69, 9.17) is 18.9 Å². The molecule has 0 amide bonds. The number of carbonyl (C=O) groups excluding carboxylic acids is 1. The molecule has 0 radical (unpaired) electrons. The van der Waals surface area contributed by atoms with Crippen molar-refractivity contribution in [1.29, 1.82) is 0 Å². The maximum absolute atomic E-state index is 11.8. The van der Waals surface area contributed by atoms with E-state index in [-0.39, 0.29) is 5.97 Å². The van der Waals surface area contributed by atoms with Gasteiger partial charge in [0.15, 0.2) is 6.10 Å². The van der Waals surface area contributed by atoms with Gasteiger partial charge in [-0.2, -0.15) is 10.1 Å². The highest BCUT2D eigenvalue weighted by Gasteiger charge is 2.20. The summed E-state index contributed by atoms with van der Waals surface area (Å²) in [6.45, 7) is 7.13. The molecular formula is C25H34N4O5. The number of esters is 1. The lowest BCUT2D eigenvalue weighted by Gasteiger charge is -2.15. The Hall–Kier alpha value is -3.20. The topological polar surface area (TPSA) is 97.6 Å². The largest absolute Gasteiger partial charge is 0.490 e. The van der Waals surface area contributed by atoms with E-state index in [1.165, 1.54) is 7.11 Å². The van der Waals surface area contributed by atoms with Crippen molar-refractivity contribution in [2.45, 2.75) is 52.6 Å². The van der Waals surface area contributed by atoms with Gasteiger partial charge in [0.05, 0.1) is 12.8 Å². The molecule has 1 atom stereocenters. The Bertz CT molecular complexity index is 1080. The third kappa shape index (κ3) is 6.22. The molecule has 2 aromatic heterocycles. The monoisotopic (exact) mass is 470 g/mol. The molecular weight excluding hydrogens is 436 g/mol. The number of rotatable bonds is 13. The fourth-order valence-corrected chi connectivity index (χ4v) is 3.69. The van der Waals surface area contributed by atoms with Crippen LogP contribution < -0.4 is 9.47 Å². The van der Waals surface area contributed by atoms with Gasteiger partial charge >= 0.3 is 5.97 Å². The minimum absolute atomic E-state index is 0.333. The highest BCUT2D eigenvalue weighted by Crippen LogP contribution is 2.26. The molecule has 0 saturated heterocycles. The molecule has 2 heterocycles. The fourth-order valence-electron chi connectivity index (χ4n) is 3.69. The van der Waals surface area contributed by atoms with Crippen molar-refractivity contribution < 1.29 is 23.7 Å². The van der Waals surface area contributed by atoms with Gasteiger partial charge in [-0.05, 0) is 31.0 Å². The molecule has 0 fully saturated rings.